The lowest BCUT2D eigenvalue weighted by atomic mass is 10.0. The van der Waals surface area contributed by atoms with Gasteiger partial charge in [-0.15, -0.1) is 5.92 Å². The molecule has 0 aliphatic rings. The van der Waals surface area contributed by atoms with Crippen molar-refractivity contribution in [1.29, 1.82) is 0 Å². The van der Waals surface area contributed by atoms with E-state index in [2.05, 4.69) is 11.8 Å². The van der Waals surface area contributed by atoms with Crippen molar-refractivity contribution < 1.29 is 9.53 Å². The third-order valence-electron chi connectivity index (χ3n) is 1.87. The van der Waals surface area contributed by atoms with Gasteiger partial charge in [0.25, 0.3) is 0 Å². The Morgan fingerprint density at radius 3 is 2.64 bits per heavy atom. The quantitative estimate of drug-likeness (QED) is 0.525. The van der Waals surface area contributed by atoms with E-state index < -0.39 is 0 Å². The third kappa shape index (κ3) is 2.14. The van der Waals surface area contributed by atoms with Crippen LogP contribution in [0.15, 0.2) is 18.2 Å². The molecule has 1 rings (SSSR count). The first-order valence-corrected chi connectivity index (χ1v) is 4.30. The minimum atomic E-state index is 0.00153. The highest BCUT2D eigenvalue weighted by atomic mass is 16.5. The Kier molecular flexibility index (Phi) is 3.30. The summed E-state index contributed by atoms with van der Waals surface area (Å²) >= 11 is 0. The molecule has 1 aromatic carbocycles. The van der Waals surface area contributed by atoms with E-state index in [0.29, 0.717) is 11.3 Å². The molecule has 0 fully saturated rings. The molecule has 0 saturated heterocycles. The highest BCUT2D eigenvalue weighted by molar-refractivity contribution is 5.97. The van der Waals surface area contributed by atoms with Crippen LogP contribution in [0.2, 0.25) is 0 Å². The van der Waals surface area contributed by atoms with Crippen LogP contribution >= 0.6 is 0 Å². The molecule has 2 heteroatoms. The molecule has 0 N–H and O–H groups in total. The minimum absolute atomic E-state index is 0.00153. The second-order valence-electron chi connectivity index (χ2n) is 2.84. The second kappa shape index (κ2) is 4.48. The zero-order chi connectivity index (χ0) is 10.6. The molecule has 0 saturated carbocycles. The summed E-state index contributed by atoms with van der Waals surface area (Å²) in [6.07, 6.45) is 0. The number of ketones is 1. The van der Waals surface area contributed by atoms with E-state index in [1.165, 1.54) is 6.92 Å². The summed E-state index contributed by atoms with van der Waals surface area (Å²) in [6.45, 7) is 3.27. The summed E-state index contributed by atoms with van der Waals surface area (Å²) in [5.41, 5.74) is 1.36. The maximum absolute atomic E-state index is 11.3. The monoisotopic (exact) mass is 188 g/mol. The van der Waals surface area contributed by atoms with E-state index in [0.717, 1.165) is 5.56 Å². The number of rotatable bonds is 2. The lowest BCUT2D eigenvalue weighted by molar-refractivity contribution is 0.101. The zero-order valence-corrected chi connectivity index (χ0v) is 8.55. The van der Waals surface area contributed by atoms with Crippen LogP contribution in [-0.4, -0.2) is 12.9 Å². The Bertz CT molecular complexity index is 408. The van der Waals surface area contributed by atoms with Gasteiger partial charge in [0, 0.05) is 11.1 Å². The van der Waals surface area contributed by atoms with Crippen LogP contribution in [-0.2, 0) is 0 Å². The van der Waals surface area contributed by atoms with E-state index in [1.807, 2.05) is 0 Å². The number of hydrogen-bond donors (Lipinski definition) is 0. The summed E-state index contributed by atoms with van der Waals surface area (Å²) in [5.74, 6) is 6.34. The van der Waals surface area contributed by atoms with Gasteiger partial charge in [-0.3, -0.25) is 4.79 Å². The summed E-state index contributed by atoms with van der Waals surface area (Å²) in [5, 5.41) is 0. The van der Waals surface area contributed by atoms with Gasteiger partial charge in [-0.25, -0.2) is 0 Å². The summed E-state index contributed by atoms with van der Waals surface area (Å²) in [4.78, 5) is 11.3. The molecular formula is C12H12O2. The van der Waals surface area contributed by atoms with Gasteiger partial charge in [-0.1, -0.05) is 5.92 Å². The van der Waals surface area contributed by atoms with E-state index in [1.54, 1.807) is 32.2 Å². The average Bonchev–Trinajstić information content (AvgIpc) is 2.18. The fourth-order valence-electron chi connectivity index (χ4n) is 1.19. The number of methoxy groups -OCH3 is 1. The molecule has 0 atom stereocenters. The van der Waals surface area contributed by atoms with Gasteiger partial charge in [0.2, 0.25) is 0 Å². The fourth-order valence-corrected chi connectivity index (χ4v) is 1.19. The van der Waals surface area contributed by atoms with E-state index in [9.17, 15) is 4.79 Å². The molecule has 0 bridgehead atoms. The standard InChI is InChI=1S/C12H12O2/c1-4-5-10-6-7-11(14-3)8-12(10)9(2)13/h6-8H,1-3H3. The SMILES string of the molecule is CC#Cc1ccc(OC)cc1C(C)=O. The van der Waals surface area contributed by atoms with Gasteiger partial charge >= 0.3 is 0 Å². The molecule has 0 aromatic heterocycles. The molecule has 1 aromatic rings. The molecule has 0 unspecified atom stereocenters. The number of benzene rings is 1. The molecule has 0 aliphatic heterocycles. The van der Waals surface area contributed by atoms with Crippen LogP contribution in [0.3, 0.4) is 0 Å². The predicted octanol–water partition coefficient (Wildman–Crippen LogP) is 2.27. The van der Waals surface area contributed by atoms with Crippen LogP contribution in [0.5, 0.6) is 5.75 Å². The second-order valence-corrected chi connectivity index (χ2v) is 2.84. The first-order chi connectivity index (χ1) is 6.69. The summed E-state index contributed by atoms with van der Waals surface area (Å²) in [7, 11) is 1.57. The smallest absolute Gasteiger partial charge is 0.161 e. The number of carbonyl (C=O) groups excluding carboxylic acids is 1. The van der Waals surface area contributed by atoms with Crippen molar-refractivity contribution in [2.24, 2.45) is 0 Å². The van der Waals surface area contributed by atoms with E-state index >= 15 is 0 Å². The first kappa shape index (κ1) is 10.3. The zero-order valence-electron chi connectivity index (χ0n) is 8.55. The highest BCUT2D eigenvalue weighted by Gasteiger charge is 2.06. The molecule has 0 radical (unpaired) electrons. The first-order valence-electron chi connectivity index (χ1n) is 4.30. The van der Waals surface area contributed by atoms with Crippen molar-refractivity contribution in [2.45, 2.75) is 13.8 Å². The molecule has 0 amide bonds. The van der Waals surface area contributed by atoms with Gasteiger partial charge in [0.05, 0.1) is 7.11 Å². The fraction of sp³-hybridized carbons (Fsp3) is 0.250. The van der Waals surface area contributed by atoms with Crippen molar-refractivity contribution >= 4 is 5.78 Å². The Hall–Kier alpha value is -1.75. The van der Waals surface area contributed by atoms with Crippen LogP contribution in [0.1, 0.15) is 29.8 Å². The molecule has 0 spiro atoms. The Labute approximate surface area is 83.9 Å². The van der Waals surface area contributed by atoms with Crippen molar-refractivity contribution in [3.05, 3.63) is 29.3 Å². The van der Waals surface area contributed by atoms with Gasteiger partial charge in [0.15, 0.2) is 5.78 Å². The molecule has 2 nitrogen and oxygen atoms in total. The van der Waals surface area contributed by atoms with Gasteiger partial charge < -0.3 is 4.74 Å². The Morgan fingerprint density at radius 1 is 1.43 bits per heavy atom. The largest absolute Gasteiger partial charge is 0.497 e. The summed E-state index contributed by atoms with van der Waals surface area (Å²) in [6, 6.07) is 5.31. The number of carbonyl (C=O) groups is 1. The van der Waals surface area contributed by atoms with Gasteiger partial charge in [-0.05, 0) is 32.0 Å². The molecule has 72 valence electrons. The third-order valence-corrected chi connectivity index (χ3v) is 1.87. The maximum atomic E-state index is 11.3. The number of Topliss-reactive ketones (excluding diaryl/α,β-unsaturated/α-hetero) is 1. The van der Waals surface area contributed by atoms with Crippen molar-refractivity contribution in [3.63, 3.8) is 0 Å². The van der Waals surface area contributed by atoms with Crippen molar-refractivity contribution in [2.75, 3.05) is 7.11 Å². The lowest BCUT2D eigenvalue weighted by Gasteiger charge is -2.03. The molecule has 14 heavy (non-hydrogen) atoms. The molecular weight excluding hydrogens is 176 g/mol. The van der Waals surface area contributed by atoms with E-state index in [-0.39, 0.29) is 5.78 Å². The van der Waals surface area contributed by atoms with Crippen LogP contribution in [0, 0.1) is 11.8 Å². The van der Waals surface area contributed by atoms with E-state index in [4.69, 9.17) is 4.74 Å². The Morgan fingerprint density at radius 2 is 2.14 bits per heavy atom. The van der Waals surface area contributed by atoms with Crippen molar-refractivity contribution in [1.82, 2.24) is 0 Å². The average molecular weight is 188 g/mol. The van der Waals surface area contributed by atoms with Crippen LogP contribution in [0.4, 0.5) is 0 Å². The molecule has 0 aliphatic carbocycles. The predicted molar refractivity (Wildman–Crippen MR) is 55.6 cm³/mol. The normalized spacial score (nSPS) is 8.79. The van der Waals surface area contributed by atoms with Crippen molar-refractivity contribution in [3.8, 4) is 17.6 Å². The maximum Gasteiger partial charge on any atom is 0.161 e. The summed E-state index contributed by atoms with van der Waals surface area (Å²) < 4.78 is 5.04. The van der Waals surface area contributed by atoms with Crippen LogP contribution < -0.4 is 4.74 Å². The Balaban J connectivity index is 3.28. The molecule has 0 heterocycles. The van der Waals surface area contributed by atoms with Gasteiger partial charge in [0.1, 0.15) is 5.75 Å². The topological polar surface area (TPSA) is 26.3 Å². The lowest BCUT2D eigenvalue weighted by Crippen LogP contribution is -1.97. The highest BCUT2D eigenvalue weighted by Crippen LogP contribution is 2.17. The number of hydrogen-bond acceptors (Lipinski definition) is 2. The minimum Gasteiger partial charge on any atom is -0.497 e. The number of ether oxygens (including phenoxy) is 1. The van der Waals surface area contributed by atoms with Crippen LogP contribution in [0.25, 0.3) is 0 Å². The van der Waals surface area contributed by atoms with Gasteiger partial charge in [-0.2, -0.15) is 0 Å².